The van der Waals surface area contributed by atoms with E-state index < -0.39 is 17.6 Å². The zero-order valence-corrected chi connectivity index (χ0v) is 36.6. The summed E-state index contributed by atoms with van der Waals surface area (Å²) in [5.41, 5.74) is 13.2. The van der Waals surface area contributed by atoms with E-state index in [-0.39, 0.29) is 25.2 Å². The van der Waals surface area contributed by atoms with Crippen molar-refractivity contribution in [1.82, 2.24) is 19.9 Å². The number of thiocarbonyl (C=S) groups is 1. The van der Waals surface area contributed by atoms with Crippen LogP contribution in [0.2, 0.25) is 0 Å². The summed E-state index contributed by atoms with van der Waals surface area (Å²) in [5.74, 6) is 0. The van der Waals surface area contributed by atoms with Gasteiger partial charge < -0.3 is 11.1 Å². The van der Waals surface area contributed by atoms with Gasteiger partial charge in [-0.3, -0.25) is 20.4 Å². The van der Waals surface area contributed by atoms with E-state index in [1.807, 2.05) is 75.7 Å². The molecule has 5 rings (SSSR count). The fraction of sp³-hybridized carbons (Fsp3) is 0.217. The average Bonchev–Trinajstić information content (AvgIpc) is 3.67. The summed E-state index contributed by atoms with van der Waals surface area (Å²) in [6.45, 7) is 8.22. The van der Waals surface area contributed by atoms with Crippen LogP contribution in [0.25, 0.3) is 70.0 Å². The number of rotatable bonds is 14. The molecule has 0 spiro atoms. The van der Waals surface area contributed by atoms with Crippen LogP contribution in [0, 0.1) is 5.41 Å². The number of nitrogens with zero attached hydrogens (tertiary/aromatic N) is 5. The Kier molecular flexibility index (Phi) is 22.5. The van der Waals surface area contributed by atoms with Crippen LogP contribution >= 0.6 is 23.6 Å². The van der Waals surface area contributed by atoms with Crippen molar-refractivity contribution in [3.63, 3.8) is 0 Å². The molecule has 0 aliphatic rings. The quantitative estimate of drug-likeness (QED) is 0.0514. The molecule has 306 valence electrons. The van der Waals surface area contributed by atoms with Gasteiger partial charge in [0.15, 0.2) is 0 Å². The van der Waals surface area contributed by atoms with Gasteiger partial charge in [-0.2, -0.15) is 18.3 Å². The van der Waals surface area contributed by atoms with Gasteiger partial charge in [0.25, 0.3) is 0 Å². The number of nitrogens with one attached hydrogen (secondary N) is 2. The van der Waals surface area contributed by atoms with Crippen LogP contribution in [-0.4, -0.2) is 37.0 Å². The Morgan fingerprint density at radius 1 is 0.746 bits per heavy atom. The van der Waals surface area contributed by atoms with Crippen molar-refractivity contribution in [2.45, 2.75) is 66.0 Å². The van der Waals surface area contributed by atoms with Crippen molar-refractivity contribution < 1.29 is 32.6 Å². The Hall–Kier alpha value is -5.32. The maximum Gasteiger partial charge on any atom is 2.00 e. The van der Waals surface area contributed by atoms with Crippen LogP contribution < -0.4 is 0 Å². The van der Waals surface area contributed by atoms with Crippen LogP contribution in [-0.2, 0) is 25.9 Å². The number of alkyl halides is 3. The molecule has 0 radical (unpaired) electrons. The third kappa shape index (κ3) is 17.6. The standard InChI is InChI=1S/C24H23N3.C21H23F3N3S.CNS.Ru/c1-4-7-18-10-12-25-21(14-18)23-16-20(9-6-3)17-24(27-23)22-15-19(8-5-2)11-13-26-22;1-2-3-4-5-6-16-9-10-17(28-16)8-7-15-11-12-27-19(13-15)18(25)14-20(26)21(22,23)24;2-1-3;/h4-17H,1-3H3;7-14,25-26H,2-6H2,1H3;;/q;2*-1;+2/b7-4+,8-5+,9-6+;8-7+,18-14-,26-20?;;. The van der Waals surface area contributed by atoms with Crippen molar-refractivity contribution in [2.24, 2.45) is 0 Å². The van der Waals surface area contributed by atoms with Crippen molar-refractivity contribution in [2.75, 3.05) is 0 Å². The second-order valence-corrected chi connectivity index (χ2v) is 14.0. The van der Waals surface area contributed by atoms with Crippen molar-refractivity contribution in [1.29, 1.82) is 5.41 Å². The molecule has 0 aliphatic heterocycles. The molecule has 0 amide bonds. The van der Waals surface area contributed by atoms with E-state index in [9.17, 15) is 13.2 Å². The molecule has 2 N–H and O–H groups in total. The number of hydrogen-bond donors (Lipinski definition) is 1. The number of halogens is 3. The maximum absolute atomic E-state index is 12.4. The summed E-state index contributed by atoms with van der Waals surface area (Å²) in [7, 11) is 0. The Morgan fingerprint density at radius 2 is 1.25 bits per heavy atom. The van der Waals surface area contributed by atoms with Crippen molar-refractivity contribution in [3.8, 4) is 22.8 Å². The summed E-state index contributed by atoms with van der Waals surface area (Å²) < 4.78 is 37.3. The minimum absolute atomic E-state index is 0. The average molecular weight is 919 g/mol. The smallest absolute Gasteiger partial charge is 0.753 e. The minimum Gasteiger partial charge on any atom is -0.753 e. The first kappa shape index (κ1) is 49.8. The molecule has 0 atom stereocenters. The van der Waals surface area contributed by atoms with Crippen LogP contribution in [0.3, 0.4) is 0 Å². The van der Waals surface area contributed by atoms with Gasteiger partial charge in [0.1, 0.15) is 5.71 Å². The number of aryl methyl sites for hydroxylation is 1. The normalized spacial score (nSPS) is 11.5. The Labute approximate surface area is 367 Å². The number of allylic oxidation sites excluding steroid dienone is 4. The van der Waals surface area contributed by atoms with Crippen molar-refractivity contribution >= 4 is 70.5 Å². The van der Waals surface area contributed by atoms with E-state index in [1.165, 1.54) is 48.0 Å². The third-order valence-electron chi connectivity index (χ3n) is 8.07. The predicted molar refractivity (Wildman–Crippen MR) is 242 cm³/mol. The van der Waals surface area contributed by atoms with E-state index in [2.05, 4.69) is 88.7 Å². The summed E-state index contributed by atoms with van der Waals surface area (Å²) in [6.07, 6.45) is 22.8. The zero-order chi connectivity index (χ0) is 42.3. The first-order valence-electron chi connectivity index (χ1n) is 18.6. The second kappa shape index (κ2) is 26.6. The van der Waals surface area contributed by atoms with E-state index in [0.29, 0.717) is 6.08 Å². The van der Waals surface area contributed by atoms with Gasteiger partial charge in [0, 0.05) is 34.0 Å². The Morgan fingerprint density at radius 3 is 1.78 bits per heavy atom. The van der Waals surface area contributed by atoms with Crippen LogP contribution in [0.5, 0.6) is 0 Å². The molecule has 0 aliphatic carbocycles. The molecule has 0 saturated carbocycles. The van der Waals surface area contributed by atoms with Crippen LogP contribution in [0.4, 0.5) is 13.2 Å². The SMILES string of the molecule is C/C=C/c1ccnc(-c2cc(/C=C/C)cc(-c3cc(/C=C/C)ccn3)n2)c1.CCCCCCc1ccc(/C=C/c2ccnc(/C([NH-])=C/C(=N)C(F)(F)F)c2)s1.[N-]=C=S.[Ru+2]. The zero-order valence-electron chi connectivity index (χ0n) is 33.3. The maximum atomic E-state index is 12.4. The fourth-order valence-electron chi connectivity index (χ4n) is 5.39. The van der Waals surface area contributed by atoms with Gasteiger partial charge in [-0.15, -0.1) is 17.0 Å². The molecular formula is C46H46F3N7RuS2. The molecule has 0 fully saturated rings. The van der Waals surface area contributed by atoms with E-state index in [1.54, 1.807) is 17.4 Å². The molecule has 5 aromatic rings. The number of pyridine rings is 4. The van der Waals surface area contributed by atoms with E-state index >= 15 is 0 Å². The number of aromatic nitrogens is 4. The summed E-state index contributed by atoms with van der Waals surface area (Å²) in [5, 5.41) is 15.4. The van der Waals surface area contributed by atoms with Gasteiger partial charge in [-0.1, -0.05) is 80.9 Å². The number of isothiocyanates is 1. The predicted octanol–water partition coefficient (Wildman–Crippen LogP) is 14.4. The molecule has 0 aromatic carbocycles. The van der Waals surface area contributed by atoms with E-state index in [4.69, 9.17) is 21.5 Å². The number of hydrogen-bond acceptors (Lipinski definition) is 7. The Bertz CT molecular complexity index is 2210. The molecule has 7 nitrogen and oxygen atoms in total. The largest absolute Gasteiger partial charge is 2.00 e. The Balaban J connectivity index is 0.000000375. The van der Waals surface area contributed by atoms with Crippen LogP contribution in [0.1, 0.15) is 91.1 Å². The van der Waals surface area contributed by atoms with Crippen molar-refractivity contribution in [3.05, 3.63) is 152 Å². The molecular weight excluding hydrogens is 873 g/mol. The molecule has 13 heteroatoms. The van der Waals surface area contributed by atoms with E-state index in [0.717, 1.165) is 56.3 Å². The van der Waals surface area contributed by atoms with Crippen LogP contribution in [0.15, 0.2) is 104 Å². The molecule has 5 aromatic heterocycles. The summed E-state index contributed by atoms with van der Waals surface area (Å²) in [4.78, 5) is 20.3. The monoisotopic (exact) mass is 919 g/mol. The van der Waals surface area contributed by atoms with Gasteiger partial charge in [0.2, 0.25) is 0 Å². The topological polar surface area (TPSA) is 122 Å². The second-order valence-electron chi connectivity index (χ2n) is 12.6. The molecule has 0 bridgehead atoms. The number of thiophene rings is 1. The van der Waals surface area contributed by atoms with Gasteiger partial charge >= 0.3 is 25.7 Å². The number of unbranched alkanes of at least 4 members (excludes halogenated alkanes) is 3. The molecule has 5 heterocycles. The third-order valence-corrected chi connectivity index (χ3v) is 9.18. The summed E-state index contributed by atoms with van der Waals surface area (Å²) in [6, 6.07) is 19.6. The molecule has 0 unspecified atom stereocenters. The first-order valence-corrected chi connectivity index (χ1v) is 19.8. The van der Waals surface area contributed by atoms with Gasteiger partial charge in [-0.05, 0) is 129 Å². The fourth-order valence-corrected chi connectivity index (χ4v) is 6.35. The van der Waals surface area contributed by atoms with Gasteiger partial charge in [-0.25, -0.2) is 4.98 Å². The molecule has 0 saturated heterocycles. The van der Waals surface area contributed by atoms with Gasteiger partial charge in [0.05, 0.1) is 22.8 Å². The molecule has 59 heavy (non-hydrogen) atoms. The minimum atomic E-state index is -4.77. The summed E-state index contributed by atoms with van der Waals surface area (Å²) >= 11 is 5.43. The first-order chi connectivity index (χ1) is 27.9.